The predicted octanol–water partition coefficient (Wildman–Crippen LogP) is 1.92. The van der Waals surface area contributed by atoms with Gasteiger partial charge in [-0.2, -0.15) is 0 Å². The summed E-state index contributed by atoms with van der Waals surface area (Å²) in [6, 6.07) is 0. The third-order valence-corrected chi connectivity index (χ3v) is 3.73. The molecule has 0 aromatic rings. The van der Waals surface area contributed by atoms with Crippen LogP contribution in [0.25, 0.3) is 0 Å². The molecular formula is C9H17N. The van der Waals surface area contributed by atoms with Crippen molar-refractivity contribution in [1.82, 2.24) is 0 Å². The van der Waals surface area contributed by atoms with Gasteiger partial charge in [0.25, 0.3) is 0 Å². The van der Waals surface area contributed by atoms with E-state index in [1.807, 2.05) is 0 Å². The standard InChI is InChI=1S/C9H17N/c10-7-9-5-1-3-8(9)4-2-6-9/h8H,1-7,10H2. The maximum absolute atomic E-state index is 5.81. The molecule has 2 saturated carbocycles. The van der Waals surface area contributed by atoms with Gasteiger partial charge >= 0.3 is 0 Å². The van der Waals surface area contributed by atoms with Crippen LogP contribution in [-0.2, 0) is 0 Å². The van der Waals surface area contributed by atoms with E-state index in [1.54, 1.807) is 0 Å². The molecule has 0 bridgehead atoms. The monoisotopic (exact) mass is 139 g/mol. The molecule has 2 fully saturated rings. The highest BCUT2D eigenvalue weighted by molar-refractivity contribution is 4.96. The van der Waals surface area contributed by atoms with Gasteiger partial charge in [0, 0.05) is 0 Å². The van der Waals surface area contributed by atoms with Crippen molar-refractivity contribution in [2.75, 3.05) is 6.54 Å². The Kier molecular flexibility index (Phi) is 1.48. The number of fused-ring (bicyclic) bond motifs is 1. The second-order valence-corrected chi connectivity index (χ2v) is 4.05. The molecule has 10 heavy (non-hydrogen) atoms. The molecule has 1 nitrogen and oxygen atoms in total. The number of nitrogens with two attached hydrogens (primary N) is 1. The Hall–Kier alpha value is -0.0400. The lowest BCUT2D eigenvalue weighted by atomic mass is 9.81. The van der Waals surface area contributed by atoms with Crippen LogP contribution in [0, 0.1) is 11.3 Å². The van der Waals surface area contributed by atoms with E-state index in [1.165, 1.54) is 38.5 Å². The topological polar surface area (TPSA) is 26.0 Å². The molecule has 0 aromatic carbocycles. The molecule has 58 valence electrons. The second kappa shape index (κ2) is 2.23. The molecule has 0 radical (unpaired) electrons. The van der Waals surface area contributed by atoms with Gasteiger partial charge in [-0.15, -0.1) is 0 Å². The van der Waals surface area contributed by atoms with E-state index < -0.39 is 0 Å². The van der Waals surface area contributed by atoms with Crippen LogP contribution in [0.1, 0.15) is 38.5 Å². The van der Waals surface area contributed by atoms with Crippen molar-refractivity contribution in [1.29, 1.82) is 0 Å². The largest absolute Gasteiger partial charge is 0.330 e. The third-order valence-electron chi connectivity index (χ3n) is 3.73. The van der Waals surface area contributed by atoms with E-state index in [2.05, 4.69) is 0 Å². The molecule has 2 rings (SSSR count). The van der Waals surface area contributed by atoms with Crippen LogP contribution < -0.4 is 5.73 Å². The summed E-state index contributed by atoms with van der Waals surface area (Å²) in [4.78, 5) is 0. The molecule has 0 saturated heterocycles. The molecule has 1 heteroatoms. The minimum absolute atomic E-state index is 0.625. The number of rotatable bonds is 1. The van der Waals surface area contributed by atoms with Gasteiger partial charge in [0.2, 0.25) is 0 Å². The summed E-state index contributed by atoms with van der Waals surface area (Å²) >= 11 is 0. The first-order chi connectivity index (χ1) is 4.87. The van der Waals surface area contributed by atoms with Crippen molar-refractivity contribution >= 4 is 0 Å². The Morgan fingerprint density at radius 3 is 2.20 bits per heavy atom. The summed E-state index contributed by atoms with van der Waals surface area (Å²) < 4.78 is 0. The van der Waals surface area contributed by atoms with Gasteiger partial charge in [-0.3, -0.25) is 0 Å². The molecule has 2 N–H and O–H groups in total. The van der Waals surface area contributed by atoms with Crippen molar-refractivity contribution < 1.29 is 0 Å². The summed E-state index contributed by atoms with van der Waals surface area (Å²) in [6.45, 7) is 0.956. The van der Waals surface area contributed by atoms with E-state index in [0.717, 1.165) is 12.5 Å². The SMILES string of the molecule is NCC12CCCC1CCC2. The molecule has 2 aliphatic rings. The zero-order valence-electron chi connectivity index (χ0n) is 6.60. The average Bonchev–Trinajstić information content (AvgIpc) is 2.42. The van der Waals surface area contributed by atoms with Gasteiger partial charge in [0.05, 0.1) is 0 Å². The van der Waals surface area contributed by atoms with Crippen molar-refractivity contribution in [3.05, 3.63) is 0 Å². The Bertz CT molecular complexity index is 121. The van der Waals surface area contributed by atoms with E-state index in [0.29, 0.717) is 5.41 Å². The summed E-state index contributed by atoms with van der Waals surface area (Å²) in [5.41, 5.74) is 6.43. The van der Waals surface area contributed by atoms with Gasteiger partial charge in [0.15, 0.2) is 0 Å². The lowest BCUT2D eigenvalue weighted by molar-refractivity contribution is 0.253. The summed E-state index contributed by atoms with van der Waals surface area (Å²) in [6.07, 6.45) is 8.68. The highest BCUT2D eigenvalue weighted by atomic mass is 14.6. The fourth-order valence-electron chi connectivity index (χ4n) is 3.06. The average molecular weight is 139 g/mol. The first kappa shape index (κ1) is 6.66. The van der Waals surface area contributed by atoms with Gasteiger partial charge < -0.3 is 5.73 Å². The van der Waals surface area contributed by atoms with Crippen LogP contribution in [0.15, 0.2) is 0 Å². The van der Waals surface area contributed by atoms with E-state index in [4.69, 9.17) is 5.73 Å². The zero-order chi connectivity index (χ0) is 7.03. The Morgan fingerprint density at radius 1 is 1.20 bits per heavy atom. The normalized spacial score (nSPS) is 45.9. The Morgan fingerprint density at radius 2 is 1.80 bits per heavy atom. The zero-order valence-corrected chi connectivity index (χ0v) is 6.60. The van der Waals surface area contributed by atoms with Gasteiger partial charge in [0.1, 0.15) is 0 Å². The fourth-order valence-corrected chi connectivity index (χ4v) is 3.06. The van der Waals surface area contributed by atoms with E-state index in [-0.39, 0.29) is 0 Å². The van der Waals surface area contributed by atoms with Crippen LogP contribution in [0.5, 0.6) is 0 Å². The minimum Gasteiger partial charge on any atom is -0.330 e. The molecule has 0 aromatic heterocycles. The number of hydrogen-bond acceptors (Lipinski definition) is 1. The van der Waals surface area contributed by atoms with Crippen molar-refractivity contribution in [2.45, 2.75) is 38.5 Å². The molecule has 0 heterocycles. The van der Waals surface area contributed by atoms with Crippen LogP contribution in [-0.4, -0.2) is 6.54 Å². The van der Waals surface area contributed by atoms with Gasteiger partial charge in [-0.1, -0.05) is 12.8 Å². The Labute approximate surface area is 63.0 Å². The third kappa shape index (κ3) is 0.731. The Balaban J connectivity index is 2.15. The maximum Gasteiger partial charge on any atom is -0.00179 e. The molecule has 0 unspecified atom stereocenters. The summed E-state index contributed by atoms with van der Waals surface area (Å²) in [5.74, 6) is 1.01. The van der Waals surface area contributed by atoms with E-state index >= 15 is 0 Å². The van der Waals surface area contributed by atoms with Gasteiger partial charge in [-0.05, 0) is 43.6 Å². The van der Waals surface area contributed by atoms with Crippen LogP contribution in [0.3, 0.4) is 0 Å². The lowest BCUT2D eigenvalue weighted by Crippen LogP contribution is -2.29. The smallest absolute Gasteiger partial charge is 0.00179 e. The summed E-state index contributed by atoms with van der Waals surface area (Å²) in [5, 5.41) is 0. The molecule has 0 atom stereocenters. The van der Waals surface area contributed by atoms with Crippen molar-refractivity contribution in [3.63, 3.8) is 0 Å². The molecule has 2 aliphatic carbocycles. The van der Waals surface area contributed by atoms with E-state index in [9.17, 15) is 0 Å². The molecule has 0 aliphatic heterocycles. The quantitative estimate of drug-likeness (QED) is 0.590. The fraction of sp³-hybridized carbons (Fsp3) is 1.00. The van der Waals surface area contributed by atoms with Crippen LogP contribution >= 0.6 is 0 Å². The predicted molar refractivity (Wildman–Crippen MR) is 42.7 cm³/mol. The highest BCUT2D eigenvalue weighted by Crippen LogP contribution is 2.53. The number of hydrogen-bond donors (Lipinski definition) is 1. The maximum atomic E-state index is 5.81. The lowest BCUT2D eigenvalue weighted by Gasteiger charge is -2.26. The van der Waals surface area contributed by atoms with Crippen LogP contribution in [0.2, 0.25) is 0 Å². The summed E-state index contributed by atoms with van der Waals surface area (Å²) in [7, 11) is 0. The molecule has 0 amide bonds. The second-order valence-electron chi connectivity index (χ2n) is 4.05. The first-order valence-corrected chi connectivity index (χ1v) is 4.57. The van der Waals surface area contributed by atoms with Crippen LogP contribution in [0.4, 0.5) is 0 Å². The first-order valence-electron chi connectivity index (χ1n) is 4.57. The highest BCUT2D eigenvalue weighted by Gasteiger charge is 2.44. The van der Waals surface area contributed by atoms with Gasteiger partial charge in [-0.25, -0.2) is 0 Å². The minimum atomic E-state index is 0.625. The van der Waals surface area contributed by atoms with Crippen molar-refractivity contribution in [3.8, 4) is 0 Å². The molecular weight excluding hydrogens is 122 g/mol. The van der Waals surface area contributed by atoms with Crippen molar-refractivity contribution in [2.24, 2.45) is 17.1 Å². The molecule has 0 spiro atoms.